The molecule has 0 saturated carbocycles. The van der Waals surface area contributed by atoms with Crippen molar-refractivity contribution < 1.29 is 9.90 Å². The van der Waals surface area contributed by atoms with Gasteiger partial charge in [0.1, 0.15) is 0 Å². The fourth-order valence-electron chi connectivity index (χ4n) is 2.36. The summed E-state index contributed by atoms with van der Waals surface area (Å²) in [5.41, 5.74) is 2.47. The largest absolute Gasteiger partial charge is 0.393 e. The number of fused-ring (bicyclic) bond motifs is 1. The lowest BCUT2D eigenvalue weighted by Crippen LogP contribution is -2.26. The molecule has 2 aromatic rings. The van der Waals surface area contributed by atoms with E-state index in [1.54, 1.807) is 0 Å². The van der Waals surface area contributed by atoms with Gasteiger partial charge < -0.3 is 20.4 Å². The molecule has 0 aliphatic heterocycles. The normalized spacial score (nSPS) is 12.5. The number of imidazole rings is 1. The smallest absolute Gasteiger partial charge is 0.323 e. The molecule has 1 unspecified atom stereocenters. The first-order valence-corrected chi connectivity index (χ1v) is 7.74. The van der Waals surface area contributed by atoms with Gasteiger partial charge in [-0.1, -0.05) is 13.0 Å². The zero-order valence-corrected chi connectivity index (χ0v) is 12.8. The van der Waals surface area contributed by atoms with Gasteiger partial charge in [-0.25, -0.2) is 4.79 Å². The van der Waals surface area contributed by atoms with E-state index in [9.17, 15) is 14.7 Å². The Morgan fingerprint density at radius 2 is 2.09 bits per heavy atom. The third-order valence-corrected chi connectivity index (χ3v) is 3.72. The number of aryl methyl sites for hydroxylation is 1. The first-order valence-electron chi connectivity index (χ1n) is 7.74. The zero-order valence-electron chi connectivity index (χ0n) is 12.8. The van der Waals surface area contributed by atoms with Crippen molar-refractivity contribution in [3.05, 3.63) is 34.2 Å². The molecule has 0 aliphatic rings. The van der Waals surface area contributed by atoms with Gasteiger partial charge in [-0.2, -0.15) is 0 Å². The lowest BCUT2D eigenvalue weighted by Gasteiger charge is -2.08. The van der Waals surface area contributed by atoms with Crippen LogP contribution in [0.15, 0.2) is 23.0 Å². The number of H-pyrrole nitrogens is 2. The Labute approximate surface area is 128 Å². The van der Waals surface area contributed by atoms with Crippen molar-refractivity contribution in [2.45, 2.75) is 45.1 Å². The second-order valence-electron chi connectivity index (χ2n) is 5.51. The standard InChI is InChI=1S/C16H23N3O3/c1-2-12(20)8-9-17-15(21)5-3-4-11-6-7-13-14(10-11)19-16(22)18-13/h6-7,10,12,20H,2-5,8-9H2,1H3,(H,17,21)(H2,18,19,22). The van der Waals surface area contributed by atoms with Crippen LogP contribution in [0.5, 0.6) is 0 Å². The van der Waals surface area contributed by atoms with Crippen LogP contribution in [0.3, 0.4) is 0 Å². The molecule has 6 heteroatoms. The molecule has 1 heterocycles. The second-order valence-corrected chi connectivity index (χ2v) is 5.51. The summed E-state index contributed by atoms with van der Waals surface area (Å²) in [5, 5.41) is 12.2. The van der Waals surface area contributed by atoms with Gasteiger partial charge in [0, 0.05) is 13.0 Å². The highest BCUT2D eigenvalue weighted by Gasteiger charge is 2.05. The average molecular weight is 305 g/mol. The molecular weight excluding hydrogens is 282 g/mol. The topological polar surface area (TPSA) is 98.0 Å². The second kappa shape index (κ2) is 7.79. The van der Waals surface area contributed by atoms with Crippen LogP contribution in [0.4, 0.5) is 0 Å². The number of aromatic nitrogens is 2. The molecule has 22 heavy (non-hydrogen) atoms. The fourth-order valence-corrected chi connectivity index (χ4v) is 2.36. The first-order chi connectivity index (χ1) is 10.6. The number of rotatable bonds is 8. The molecular formula is C16H23N3O3. The van der Waals surface area contributed by atoms with Crippen LogP contribution in [0.1, 0.15) is 38.2 Å². The number of carbonyl (C=O) groups excluding carboxylic acids is 1. The molecule has 0 saturated heterocycles. The quantitative estimate of drug-likeness (QED) is 0.594. The molecule has 0 bridgehead atoms. The van der Waals surface area contributed by atoms with Crippen LogP contribution in [0.25, 0.3) is 11.0 Å². The van der Waals surface area contributed by atoms with Crippen LogP contribution in [-0.2, 0) is 11.2 Å². The predicted octanol–water partition coefficient (Wildman–Crippen LogP) is 1.46. The van der Waals surface area contributed by atoms with Crippen LogP contribution >= 0.6 is 0 Å². The van der Waals surface area contributed by atoms with Crippen molar-refractivity contribution in [1.29, 1.82) is 0 Å². The Hall–Kier alpha value is -2.08. The Morgan fingerprint density at radius 3 is 2.86 bits per heavy atom. The summed E-state index contributed by atoms with van der Waals surface area (Å²) >= 11 is 0. The van der Waals surface area contributed by atoms with E-state index in [0.29, 0.717) is 25.8 Å². The average Bonchev–Trinajstić information content (AvgIpc) is 2.86. The molecule has 2 rings (SSSR count). The van der Waals surface area contributed by atoms with E-state index in [4.69, 9.17) is 0 Å². The van der Waals surface area contributed by atoms with Gasteiger partial charge in [0.25, 0.3) is 0 Å². The van der Waals surface area contributed by atoms with E-state index in [1.165, 1.54) is 0 Å². The van der Waals surface area contributed by atoms with Crippen LogP contribution in [-0.4, -0.2) is 33.6 Å². The molecule has 0 aliphatic carbocycles. The number of nitrogens with one attached hydrogen (secondary N) is 3. The number of aliphatic hydroxyl groups excluding tert-OH is 1. The van der Waals surface area contributed by atoms with Crippen molar-refractivity contribution in [3.8, 4) is 0 Å². The molecule has 0 fully saturated rings. The van der Waals surface area contributed by atoms with Gasteiger partial charge in [0.2, 0.25) is 5.91 Å². The first kappa shape index (κ1) is 16.3. The third-order valence-electron chi connectivity index (χ3n) is 3.72. The van der Waals surface area contributed by atoms with E-state index in [0.717, 1.165) is 29.4 Å². The number of aliphatic hydroxyl groups is 1. The molecule has 0 radical (unpaired) electrons. The van der Waals surface area contributed by atoms with Gasteiger partial charge in [-0.05, 0) is 43.4 Å². The Kier molecular flexibility index (Phi) is 5.77. The summed E-state index contributed by atoms with van der Waals surface area (Å²) in [7, 11) is 0. The maximum absolute atomic E-state index is 11.7. The SMILES string of the molecule is CCC(O)CCNC(=O)CCCc1ccc2[nH]c(=O)[nH]c2c1. The summed E-state index contributed by atoms with van der Waals surface area (Å²) in [6.07, 6.45) is 2.97. The minimum Gasteiger partial charge on any atom is -0.393 e. The minimum atomic E-state index is -0.337. The number of aromatic amines is 2. The Morgan fingerprint density at radius 1 is 1.32 bits per heavy atom. The maximum Gasteiger partial charge on any atom is 0.323 e. The molecule has 1 aromatic carbocycles. The lowest BCUT2D eigenvalue weighted by molar-refractivity contribution is -0.121. The van der Waals surface area contributed by atoms with Crippen molar-refractivity contribution in [3.63, 3.8) is 0 Å². The molecule has 1 amide bonds. The summed E-state index contributed by atoms with van der Waals surface area (Å²) in [5.74, 6) is 0.0134. The zero-order chi connectivity index (χ0) is 15.9. The number of hydrogen-bond acceptors (Lipinski definition) is 3. The predicted molar refractivity (Wildman–Crippen MR) is 85.8 cm³/mol. The maximum atomic E-state index is 11.7. The monoisotopic (exact) mass is 305 g/mol. The summed E-state index contributed by atoms with van der Waals surface area (Å²) in [6, 6.07) is 5.76. The Balaban J connectivity index is 1.72. The Bertz CT molecular complexity index is 675. The minimum absolute atomic E-state index is 0.0134. The van der Waals surface area contributed by atoms with E-state index in [-0.39, 0.29) is 17.7 Å². The molecule has 6 nitrogen and oxygen atoms in total. The fraction of sp³-hybridized carbons (Fsp3) is 0.500. The van der Waals surface area contributed by atoms with E-state index < -0.39 is 0 Å². The third kappa shape index (κ3) is 4.73. The summed E-state index contributed by atoms with van der Waals surface area (Å²) in [6.45, 7) is 2.44. The molecule has 1 atom stereocenters. The van der Waals surface area contributed by atoms with Gasteiger partial charge in [-0.3, -0.25) is 4.79 Å². The van der Waals surface area contributed by atoms with Crippen LogP contribution < -0.4 is 11.0 Å². The van der Waals surface area contributed by atoms with Crippen LogP contribution in [0.2, 0.25) is 0 Å². The molecule has 120 valence electrons. The number of hydrogen-bond donors (Lipinski definition) is 4. The highest BCUT2D eigenvalue weighted by Crippen LogP contribution is 2.12. The number of carbonyl (C=O) groups is 1. The highest BCUT2D eigenvalue weighted by molar-refractivity contribution is 5.76. The van der Waals surface area contributed by atoms with Gasteiger partial charge in [0.05, 0.1) is 17.1 Å². The van der Waals surface area contributed by atoms with Gasteiger partial charge in [0.15, 0.2) is 0 Å². The van der Waals surface area contributed by atoms with Crippen molar-refractivity contribution in [1.82, 2.24) is 15.3 Å². The number of benzene rings is 1. The van der Waals surface area contributed by atoms with Crippen molar-refractivity contribution >= 4 is 16.9 Å². The summed E-state index contributed by atoms with van der Waals surface area (Å²) < 4.78 is 0. The molecule has 4 N–H and O–H groups in total. The highest BCUT2D eigenvalue weighted by atomic mass is 16.3. The summed E-state index contributed by atoms with van der Waals surface area (Å²) in [4.78, 5) is 28.3. The van der Waals surface area contributed by atoms with Crippen LogP contribution in [0, 0.1) is 0 Å². The van der Waals surface area contributed by atoms with E-state index in [1.807, 2.05) is 25.1 Å². The molecule has 1 aromatic heterocycles. The number of amides is 1. The van der Waals surface area contributed by atoms with Crippen molar-refractivity contribution in [2.75, 3.05) is 6.54 Å². The van der Waals surface area contributed by atoms with E-state index in [2.05, 4.69) is 15.3 Å². The molecule has 0 spiro atoms. The van der Waals surface area contributed by atoms with Gasteiger partial charge in [-0.15, -0.1) is 0 Å². The van der Waals surface area contributed by atoms with E-state index >= 15 is 0 Å². The van der Waals surface area contributed by atoms with Crippen molar-refractivity contribution in [2.24, 2.45) is 0 Å². The lowest BCUT2D eigenvalue weighted by atomic mass is 10.1. The van der Waals surface area contributed by atoms with Gasteiger partial charge >= 0.3 is 5.69 Å².